The number of benzene rings is 1. The van der Waals surface area contributed by atoms with E-state index in [1.807, 2.05) is 22.6 Å². The number of carbonyl (C=O) groups is 3. The van der Waals surface area contributed by atoms with Crippen LogP contribution in [0, 0.1) is 9.49 Å². The minimum absolute atomic E-state index is 0.0301. The van der Waals surface area contributed by atoms with Gasteiger partial charge in [0.15, 0.2) is 11.5 Å². The molecule has 1 aromatic carbocycles. The Kier molecular flexibility index (Phi) is 12.4. The molecule has 3 N–H and O–H groups in total. The Balaban J connectivity index is 1.64. The number of aliphatic hydroxyl groups is 2. The average Bonchev–Trinajstić information content (AvgIpc) is 3.51. The van der Waals surface area contributed by atoms with Crippen molar-refractivity contribution >= 4 is 40.7 Å². The number of morpholine rings is 1. The molecule has 1 heterocycles. The van der Waals surface area contributed by atoms with Crippen LogP contribution in [0.25, 0.3) is 0 Å². The van der Waals surface area contributed by atoms with Crippen LogP contribution < -0.4 is 14.8 Å². The first-order valence-corrected chi connectivity index (χ1v) is 15.8. The van der Waals surface area contributed by atoms with Crippen LogP contribution in [0.15, 0.2) is 23.8 Å². The van der Waals surface area contributed by atoms with Crippen molar-refractivity contribution in [3.05, 3.63) is 32.9 Å². The van der Waals surface area contributed by atoms with Crippen LogP contribution in [0.5, 0.6) is 11.5 Å². The van der Waals surface area contributed by atoms with Gasteiger partial charge in [-0.15, -0.1) is 0 Å². The maximum Gasteiger partial charge on any atom is 0.247 e. The van der Waals surface area contributed by atoms with Crippen molar-refractivity contribution in [3.8, 4) is 11.5 Å². The number of hydrogen-bond donors (Lipinski definition) is 3. The van der Waals surface area contributed by atoms with Gasteiger partial charge >= 0.3 is 0 Å². The average molecular weight is 700 g/mol. The molecule has 42 heavy (non-hydrogen) atoms. The van der Waals surface area contributed by atoms with Gasteiger partial charge in [0.2, 0.25) is 11.8 Å². The second-order valence-electron chi connectivity index (χ2n) is 11.1. The van der Waals surface area contributed by atoms with Gasteiger partial charge in [0.1, 0.15) is 18.5 Å². The van der Waals surface area contributed by atoms with Gasteiger partial charge < -0.3 is 34.6 Å². The summed E-state index contributed by atoms with van der Waals surface area (Å²) >= 11 is 2.04. The van der Waals surface area contributed by atoms with E-state index < -0.39 is 18.2 Å². The molecule has 1 saturated heterocycles. The van der Waals surface area contributed by atoms with Crippen molar-refractivity contribution in [1.82, 2.24) is 15.1 Å². The summed E-state index contributed by atoms with van der Waals surface area (Å²) in [6.45, 7) is 3.72. The number of hydrogen-bond acceptors (Lipinski definition) is 9. The van der Waals surface area contributed by atoms with E-state index in [2.05, 4.69) is 10.2 Å². The molecule has 0 aromatic heterocycles. The molecule has 0 spiro atoms. The Labute approximate surface area is 260 Å². The van der Waals surface area contributed by atoms with E-state index in [0.29, 0.717) is 71.1 Å². The molecule has 0 bridgehead atoms. The minimum atomic E-state index is -1.14. The van der Waals surface area contributed by atoms with E-state index in [1.54, 1.807) is 23.1 Å². The number of nitrogens with zero attached hydrogens (tertiary/aromatic N) is 2. The summed E-state index contributed by atoms with van der Waals surface area (Å²) in [4.78, 5) is 42.4. The highest BCUT2D eigenvalue weighted by Gasteiger charge is 2.41. The number of methoxy groups -OCH3 is 1. The first-order valence-electron chi connectivity index (χ1n) is 14.7. The van der Waals surface area contributed by atoms with E-state index in [9.17, 15) is 24.6 Å². The molecule has 2 amide bonds. The van der Waals surface area contributed by atoms with Crippen LogP contribution in [0.3, 0.4) is 0 Å². The standard InChI is InChI=1S/C30H42IN3O8/c1-40-26-15-21(19-36)14-23(31)29(26)42-25-18-22(30(39)32-6-11-35)17-24(28(25)38)34(8-7-33-9-12-41-13-10-33)27(37)16-20-4-2-3-5-20/h14-15,18-20,24-25,28,35,38H,2-13,16-17H2,1H3,(H,32,39)/t24-,25+,28+/m1/s1. The third-order valence-corrected chi connectivity index (χ3v) is 9.08. The lowest BCUT2D eigenvalue weighted by Gasteiger charge is -2.42. The zero-order chi connectivity index (χ0) is 30.1. The smallest absolute Gasteiger partial charge is 0.247 e. The van der Waals surface area contributed by atoms with Crippen LogP contribution in [0.1, 0.15) is 48.9 Å². The number of halogens is 1. The highest BCUT2D eigenvalue weighted by Crippen LogP contribution is 2.37. The highest BCUT2D eigenvalue weighted by molar-refractivity contribution is 14.1. The maximum atomic E-state index is 13.9. The zero-order valence-corrected chi connectivity index (χ0v) is 26.3. The molecule has 3 aliphatic rings. The lowest BCUT2D eigenvalue weighted by atomic mass is 9.87. The quantitative estimate of drug-likeness (QED) is 0.208. The lowest BCUT2D eigenvalue weighted by Crippen LogP contribution is -2.57. The van der Waals surface area contributed by atoms with Crippen LogP contribution in [0.2, 0.25) is 0 Å². The van der Waals surface area contributed by atoms with Gasteiger partial charge in [-0.05, 0) is 59.6 Å². The summed E-state index contributed by atoms with van der Waals surface area (Å²) in [6, 6.07) is 2.49. The van der Waals surface area contributed by atoms with Crippen molar-refractivity contribution in [2.24, 2.45) is 5.92 Å². The third-order valence-electron chi connectivity index (χ3n) is 8.28. The number of amides is 2. The number of rotatable bonds is 13. The van der Waals surface area contributed by atoms with Gasteiger partial charge in [-0.25, -0.2) is 0 Å². The second-order valence-corrected chi connectivity index (χ2v) is 12.2. The SMILES string of the molecule is COc1cc(C=O)cc(I)c1O[C@H]1C=C(C(=O)NCCO)C[C@@H](N(CCN2CCOCC2)C(=O)CC2CCCC2)[C@@H]1O. The first-order chi connectivity index (χ1) is 20.3. The monoisotopic (exact) mass is 699 g/mol. The predicted molar refractivity (Wildman–Crippen MR) is 164 cm³/mol. The van der Waals surface area contributed by atoms with Gasteiger partial charge in [-0.1, -0.05) is 12.8 Å². The van der Waals surface area contributed by atoms with Gasteiger partial charge in [0.25, 0.3) is 0 Å². The molecule has 0 radical (unpaired) electrons. The van der Waals surface area contributed by atoms with Gasteiger partial charge in [-0.3, -0.25) is 19.3 Å². The molecule has 232 valence electrons. The molecule has 4 rings (SSSR count). The molecule has 2 aliphatic carbocycles. The summed E-state index contributed by atoms with van der Waals surface area (Å²) < 4.78 is 17.9. The number of aldehydes is 1. The fourth-order valence-corrected chi connectivity index (χ4v) is 6.72. The Morgan fingerprint density at radius 3 is 2.64 bits per heavy atom. The minimum Gasteiger partial charge on any atom is -0.493 e. The molecule has 1 saturated carbocycles. The van der Waals surface area contributed by atoms with Crippen molar-refractivity contribution < 1.29 is 38.8 Å². The van der Waals surface area contributed by atoms with Crippen molar-refractivity contribution in [2.75, 3.05) is 59.7 Å². The van der Waals surface area contributed by atoms with E-state index in [4.69, 9.17) is 14.2 Å². The second kappa shape index (κ2) is 16.0. The Hall–Kier alpha value is -2.26. The largest absolute Gasteiger partial charge is 0.493 e. The fraction of sp³-hybridized carbons (Fsp3) is 0.633. The summed E-state index contributed by atoms with van der Waals surface area (Å²) in [7, 11) is 1.46. The Morgan fingerprint density at radius 1 is 1.24 bits per heavy atom. The molecule has 1 aliphatic heterocycles. The zero-order valence-electron chi connectivity index (χ0n) is 24.1. The summed E-state index contributed by atoms with van der Waals surface area (Å²) in [5.41, 5.74) is 0.782. The fourth-order valence-electron chi connectivity index (χ4n) is 5.97. The van der Waals surface area contributed by atoms with Crippen LogP contribution in [-0.2, 0) is 14.3 Å². The molecule has 0 unspecified atom stereocenters. The first kappa shape index (κ1) is 32.6. The molecular formula is C30H42IN3O8. The molecule has 3 atom stereocenters. The Morgan fingerprint density at radius 2 is 1.98 bits per heavy atom. The number of carbonyl (C=O) groups excluding carboxylic acids is 3. The molecule has 1 aromatic rings. The third kappa shape index (κ3) is 8.43. The van der Waals surface area contributed by atoms with Crippen LogP contribution in [-0.4, -0.2) is 116 Å². The van der Waals surface area contributed by atoms with E-state index in [1.165, 1.54) is 7.11 Å². The van der Waals surface area contributed by atoms with Crippen molar-refractivity contribution in [3.63, 3.8) is 0 Å². The van der Waals surface area contributed by atoms with E-state index >= 15 is 0 Å². The van der Waals surface area contributed by atoms with Crippen LogP contribution in [0.4, 0.5) is 0 Å². The topological polar surface area (TPSA) is 138 Å². The van der Waals surface area contributed by atoms with Crippen molar-refractivity contribution in [2.45, 2.75) is 56.8 Å². The molecule has 2 fully saturated rings. The molecule has 12 heteroatoms. The predicted octanol–water partition coefficient (Wildman–Crippen LogP) is 1.77. The van der Waals surface area contributed by atoms with Gasteiger partial charge in [0.05, 0.1) is 36.5 Å². The number of ether oxygens (including phenoxy) is 3. The summed E-state index contributed by atoms with van der Waals surface area (Å²) in [5, 5.41) is 23.7. The van der Waals surface area contributed by atoms with Gasteiger partial charge in [0, 0.05) is 56.7 Å². The van der Waals surface area contributed by atoms with Gasteiger partial charge in [-0.2, -0.15) is 0 Å². The normalized spacial score (nSPS) is 23.2. The van der Waals surface area contributed by atoms with Crippen molar-refractivity contribution in [1.29, 1.82) is 0 Å². The lowest BCUT2D eigenvalue weighted by molar-refractivity contribution is -0.140. The molecule has 11 nitrogen and oxygen atoms in total. The summed E-state index contributed by atoms with van der Waals surface area (Å²) in [5.74, 6) is 0.555. The highest BCUT2D eigenvalue weighted by atomic mass is 127. The Bertz CT molecular complexity index is 1120. The number of aliphatic hydroxyl groups excluding tert-OH is 2. The van der Waals surface area contributed by atoms with E-state index in [-0.39, 0.29) is 31.4 Å². The van der Waals surface area contributed by atoms with Crippen LogP contribution >= 0.6 is 22.6 Å². The van der Waals surface area contributed by atoms with E-state index in [0.717, 1.165) is 38.8 Å². The summed E-state index contributed by atoms with van der Waals surface area (Å²) in [6.07, 6.45) is 5.02. The maximum absolute atomic E-state index is 13.9. The number of nitrogens with one attached hydrogen (secondary N) is 1. The molecular weight excluding hydrogens is 657 g/mol.